The molecule has 2 saturated heterocycles. The molecule has 220 valence electrons. The van der Waals surface area contributed by atoms with Crippen molar-refractivity contribution in [3.05, 3.63) is 70.9 Å². The molecule has 0 radical (unpaired) electrons. The van der Waals surface area contributed by atoms with Gasteiger partial charge < -0.3 is 19.4 Å². The monoisotopic (exact) mass is 595 g/mol. The van der Waals surface area contributed by atoms with Crippen molar-refractivity contribution in [1.29, 1.82) is 0 Å². The van der Waals surface area contributed by atoms with Crippen LogP contribution in [0.4, 0.5) is 11.6 Å². The van der Waals surface area contributed by atoms with Crippen LogP contribution < -0.4 is 15.6 Å². The highest BCUT2D eigenvalue weighted by Gasteiger charge is 2.25. The zero-order valence-corrected chi connectivity index (χ0v) is 24.9. The fraction of sp³-hybridized carbons (Fsp3) is 0.324. The molecule has 43 heavy (non-hydrogen) atoms. The van der Waals surface area contributed by atoms with Crippen LogP contribution in [0.3, 0.4) is 0 Å². The number of rotatable bonds is 6. The average Bonchev–Trinajstić information content (AvgIpc) is 3.42. The van der Waals surface area contributed by atoms with Gasteiger partial charge in [0.05, 0.1) is 30.8 Å². The summed E-state index contributed by atoms with van der Waals surface area (Å²) in [5, 5.41) is 5.77. The van der Waals surface area contributed by atoms with Gasteiger partial charge in [0.25, 0.3) is 0 Å². The largest absolute Gasteiger partial charge is 0.440 e. The third-order valence-electron chi connectivity index (χ3n) is 8.68. The van der Waals surface area contributed by atoms with Gasteiger partial charge in [-0.3, -0.25) is 19.3 Å². The summed E-state index contributed by atoms with van der Waals surface area (Å²) in [7, 11) is 0. The molecule has 2 fully saturated rings. The summed E-state index contributed by atoms with van der Waals surface area (Å²) in [6.07, 6.45) is 1.59. The van der Waals surface area contributed by atoms with Gasteiger partial charge in [0.1, 0.15) is 11.4 Å². The first-order valence-corrected chi connectivity index (χ1v) is 15.6. The standard InChI is InChI=1S/C34H33N3O5S/c1-21(38)22-11-13-36(14-12-22)20-30(40)35-27-10-9-24(34-32(27)26-5-2-3-8-29(26)43-34)23-6-4-7-25-28(39)19-31(42-33(23)25)37-15-17-41-18-16-37/h2-10,19,22H,11-18,20H2,1H3,(H,35,40). The second kappa shape index (κ2) is 11.6. The Hall–Kier alpha value is -4.05. The number of ketones is 1. The molecule has 9 heteroatoms. The molecule has 2 aliphatic heterocycles. The third-order valence-corrected chi connectivity index (χ3v) is 9.89. The van der Waals surface area contributed by atoms with Crippen LogP contribution >= 0.6 is 11.3 Å². The number of nitrogens with one attached hydrogen (secondary N) is 1. The van der Waals surface area contributed by atoms with Gasteiger partial charge in [-0.2, -0.15) is 0 Å². The molecular formula is C34H33N3O5S. The number of anilines is 2. The number of ether oxygens (including phenoxy) is 1. The van der Waals surface area contributed by atoms with E-state index >= 15 is 0 Å². The van der Waals surface area contributed by atoms with Crippen LogP contribution in [-0.4, -0.2) is 62.5 Å². The number of fused-ring (bicyclic) bond motifs is 4. The first kappa shape index (κ1) is 27.8. The van der Waals surface area contributed by atoms with Crippen molar-refractivity contribution in [1.82, 2.24) is 4.90 Å². The molecule has 7 rings (SSSR count). The highest BCUT2D eigenvalue weighted by molar-refractivity contribution is 7.26. The highest BCUT2D eigenvalue weighted by atomic mass is 32.1. The first-order valence-electron chi connectivity index (χ1n) is 14.8. The number of benzene rings is 3. The van der Waals surface area contributed by atoms with Crippen molar-refractivity contribution in [2.45, 2.75) is 19.8 Å². The summed E-state index contributed by atoms with van der Waals surface area (Å²) < 4.78 is 14.1. The Morgan fingerprint density at radius 1 is 0.930 bits per heavy atom. The van der Waals surface area contributed by atoms with Gasteiger partial charge in [0, 0.05) is 56.4 Å². The van der Waals surface area contributed by atoms with E-state index in [1.165, 1.54) is 0 Å². The van der Waals surface area contributed by atoms with Crippen molar-refractivity contribution in [3.8, 4) is 11.1 Å². The minimum absolute atomic E-state index is 0.0723. The van der Waals surface area contributed by atoms with E-state index in [4.69, 9.17) is 9.15 Å². The van der Waals surface area contributed by atoms with Crippen LogP contribution in [0.5, 0.6) is 0 Å². The number of amides is 1. The second-order valence-electron chi connectivity index (χ2n) is 11.4. The predicted molar refractivity (Wildman–Crippen MR) is 172 cm³/mol. The van der Waals surface area contributed by atoms with Crippen LogP contribution in [0.1, 0.15) is 19.8 Å². The number of para-hydroxylation sites is 1. The molecule has 0 atom stereocenters. The van der Waals surface area contributed by atoms with Crippen LogP contribution in [0.25, 0.3) is 42.3 Å². The normalized spacial score (nSPS) is 16.7. The summed E-state index contributed by atoms with van der Waals surface area (Å²) in [6, 6.07) is 19.5. The lowest BCUT2D eigenvalue weighted by Crippen LogP contribution is -2.40. The Labute approximate surface area is 252 Å². The van der Waals surface area contributed by atoms with E-state index in [1.54, 1.807) is 24.3 Å². The molecule has 1 amide bonds. The van der Waals surface area contributed by atoms with Crippen molar-refractivity contribution in [3.63, 3.8) is 0 Å². The van der Waals surface area contributed by atoms with E-state index in [9.17, 15) is 14.4 Å². The quantitative estimate of drug-likeness (QED) is 0.261. The number of nitrogens with zero attached hydrogens (tertiary/aromatic N) is 2. The minimum Gasteiger partial charge on any atom is -0.440 e. The number of carbonyl (C=O) groups is 2. The lowest BCUT2D eigenvalue weighted by molar-refractivity contribution is -0.122. The Bertz CT molecular complexity index is 1910. The molecule has 0 bridgehead atoms. The molecule has 8 nitrogen and oxygen atoms in total. The smallest absolute Gasteiger partial charge is 0.238 e. The van der Waals surface area contributed by atoms with E-state index < -0.39 is 0 Å². The summed E-state index contributed by atoms with van der Waals surface area (Å²) in [6.45, 7) is 5.95. The van der Waals surface area contributed by atoms with Gasteiger partial charge in [-0.15, -0.1) is 11.3 Å². The van der Waals surface area contributed by atoms with Crippen LogP contribution in [0.15, 0.2) is 69.9 Å². The maximum absolute atomic E-state index is 13.3. The molecule has 0 unspecified atom stereocenters. The number of hydrogen-bond acceptors (Lipinski definition) is 8. The maximum Gasteiger partial charge on any atom is 0.238 e. The Balaban J connectivity index is 1.28. The van der Waals surface area contributed by atoms with E-state index in [0.29, 0.717) is 43.2 Å². The van der Waals surface area contributed by atoms with Gasteiger partial charge >= 0.3 is 0 Å². The first-order chi connectivity index (χ1) is 21.0. The number of morpholine rings is 1. The average molecular weight is 596 g/mol. The van der Waals surface area contributed by atoms with Crippen LogP contribution in [0, 0.1) is 5.92 Å². The third kappa shape index (κ3) is 5.33. The predicted octanol–water partition coefficient (Wildman–Crippen LogP) is 5.90. The van der Waals surface area contributed by atoms with Gasteiger partial charge in [-0.05, 0) is 51.1 Å². The van der Waals surface area contributed by atoms with Crippen LogP contribution in [-0.2, 0) is 14.3 Å². The Morgan fingerprint density at radius 3 is 2.49 bits per heavy atom. The molecule has 4 heterocycles. The Kier molecular flexibility index (Phi) is 7.46. The number of carbonyl (C=O) groups excluding carboxylic acids is 2. The molecule has 5 aromatic rings. The highest BCUT2D eigenvalue weighted by Crippen LogP contribution is 2.45. The second-order valence-corrected chi connectivity index (χ2v) is 12.5. The summed E-state index contributed by atoms with van der Waals surface area (Å²) in [4.78, 5) is 42.4. The number of piperidine rings is 1. The van der Waals surface area contributed by atoms with Crippen molar-refractivity contribution < 1.29 is 18.7 Å². The van der Waals surface area contributed by atoms with Gasteiger partial charge in [0.2, 0.25) is 5.91 Å². The minimum atomic E-state index is -0.0756. The van der Waals surface area contributed by atoms with E-state index in [-0.39, 0.29) is 29.6 Å². The van der Waals surface area contributed by atoms with Gasteiger partial charge in [-0.25, -0.2) is 0 Å². The molecule has 2 aromatic heterocycles. The summed E-state index contributed by atoms with van der Waals surface area (Å²) >= 11 is 1.67. The number of thiophene rings is 1. The molecule has 3 aromatic carbocycles. The molecular weight excluding hydrogens is 562 g/mol. The lowest BCUT2D eigenvalue weighted by atomic mass is 9.93. The molecule has 1 N–H and O–H groups in total. The summed E-state index contributed by atoms with van der Waals surface area (Å²) in [5.74, 6) is 0.819. The van der Waals surface area contributed by atoms with Gasteiger partial charge in [-0.1, -0.05) is 36.4 Å². The molecule has 0 aliphatic carbocycles. The van der Waals surface area contributed by atoms with E-state index in [1.807, 2.05) is 42.5 Å². The Morgan fingerprint density at radius 2 is 1.70 bits per heavy atom. The molecule has 0 spiro atoms. The van der Waals surface area contributed by atoms with E-state index in [0.717, 1.165) is 62.9 Å². The van der Waals surface area contributed by atoms with Crippen molar-refractivity contribution >= 4 is 65.7 Å². The van der Waals surface area contributed by atoms with Crippen molar-refractivity contribution in [2.75, 3.05) is 56.2 Å². The molecule has 2 aliphatic rings. The fourth-order valence-electron chi connectivity index (χ4n) is 6.35. The SMILES string of the molecule is CC(=O)C1CCN(CC(=O)Nc2ccc(-c3cccc4c(=O)cc(N5CCOCC5)oc34)c3sc4ccccc4c23)CC1. The van der Waals surface area contributed by atoms with Crippen molar-refractivity contribution in [2.24, 2.45) is 5.92 Å². The molecule has 0 saturated carbocycles. The van der Waals surface area contributed by atoms with Gasteiger partial charge in [0.15, 0.2) is 11.3 Å². The number of hydrogen-bond donors (Lipinski definition) is 1. The zero-order chi connectivity index (χ0) is 29.5. The lowest BCUT2D eigenvalue weighted by Gasteiger charge is -2.30. The topological polar surface area (TPSA) is 92.1 Å². The fourth-order valence-corrected chi connectivity index (χ4v) is 7.61. The number of Topliss-reactive ketones (excluding diaryl/α,β-unsaturated/α-hetero) is 1. The maximum atomic E-state index is 13.3. The summed E-state index contributed by atoms with van der Waals surface area (Å²) in [5.41, 5.74) is 3.03. The zero-order valence-electron chi connectivity index (χ0n) is 24.1. The number of likely N-dealkylation sites (tertiary alicyclic amines) is 1. The van der Waals surface area contributed by atoms with Crippen LogP contribution in [0.2, 0.25) is 0 Å². The van der Waals surface area contributed by atoms with E-state index in [2.05, 4.69) is 27.2 Å².